The monoisotopic (exact) mass is 379 g/mol. The molecule has 128 valence electrons. The molecule has 0 heterocycles. The molecule has 0 saturated heterocycles. The van der Waals surface area contributed by atoms with E-state index < -0.39 is 5.41 Å². The van der Waals surface area contributed by atoms with Gasteiger partial charge in [-0.15, -0.1) is 0 Å². The van der Waals surface area contributed by atoms with Gasteiger partial charge in [-0.05, 0) is 18.6 Å². The number of halogens is 3. The Morgan fingerprint density at radius 2 is 1.65 bits per heavy atom. The van der Waals surface area contributed by atoms with Gasteiger partial charge in [0.1, 0.15) is 0 Å². The molecule has 0 aliphatic heterocycles. The second-order valence-corrected chi connectivity index (χ2v) is 7.28. The largest absolute Gasteiger partial charge is 0.356 e. The highest BCUT2D eigenvalue weighted by atomic mass is 35.5. The van der Waals surface area contributed by atoms with Crippen LogP contribution in [0.15, 0.2) is 12.1 Å². The van der Waals surface area contributed by atoms with Crippen molar-refractivity contribution in [1.29, 1.82) is 0 Å². The van der Waals surface area contributed by atoms with Gasteiger partial charge in [-0.2, -0.15) is 0 Å². The van der Waals surface area contributed by atoms with Gasteiger partial charge in [0.2, 0.25) is 11.8 Å². The maximum Gasteiger partial charge on any atom is 0.238 e. The Morgan fingerprint density at radius 1 is 1.09 bits per heavy atom. The van der Waals surface area contributed by atoms with E-state index in [9.17, 15) is 9.59 Å². The smallest absolute Gasteiger partial charge is 0.238 e. The summed E-state index contributed by atoms with van der Waals surface area (Å²) in [6.45, 7) is 5.93. The number of hydrazine groups is 1. The maximum absolute atomic E-state index is 11.7. The molecule has 0 spiro atoms. The van der Waals surface area contributed by atoms with Crippen LogP contribution in [0.2, 0.25) is 15.1 Å². The molecule has 1 rings (SSSR count). The SMILES string of the molecule is CC(C)(C)C(=O)NCCCC(=O)NNc1c(Cl)cc(Cl)cc1Cl. The molecule has 1 aromatic rings. The fraction of sp³-hybridized carbons (Fsp3) is 0.467. The van der Waals surface area contributed by atoms with Crippen molar-refractivity contribution in [3.8, 4) is 0 Å². The van der Waals surface area contributed by atoms with Gasteiger partial charge in [0.25, 0.3) is 0 Å². The number of carbonyl (C=O) groups excluding carboxylic acids is 2. The summed E-state index contributed by atoms with van der Waals surface area (Å²) in [6.07, 6.45) is 0.775. The highest BCUT2D eigenvalue weighted by Gasteiger charge is 2.20. The van der Waals surface area contributed by atoms with Crippen LogP contribution in [0.5, 0.6) is 0 Å². The quantitative estimate of drug-likeness (QED) is 0.515. The second-order valence-electron chi connectivity index (χ2n) is 6.03. The van der Waals surface area contributed by atoms with Crippen molar-refractivity contribution in [3.05, 3.63) is 27.2 Å². The van der Waals surface area contributed by atoms with E-state index in [0.717, 1.165) is 0 Å². The molecule has 0 saturated carbocycles. The third-order valence-electron chi connectivity index (χ3n) is 2.88. The van der Waals surface area contributed by atoms with Gasteiger partial charge in [0.15, 0.2) is 0 Å². The van der Waals surface area contributed by atoms with Crippen LogP contribution in [0, 0.1) is 5.41 Å². The lowest BCUT2D eigenvalue weighted by Gasteiger charge is -2.17. The van der Waals surface area contributed by atoms with Gasteiger partial charge < -0.3 is 5.32 Å². The average Bonchev–Trinajstić information content (AvgIpc) is 2.41. The van der Waals surface area contributed by atoms with E-state index in [0.29, 0.717) is 33.7 Å². The maximum atomic E-state index is 11.7. The van der Waals surface area contributed by atoms with Gasteiger partial charge >= 0.3 is 0 Å². The zero-order valence-electron chi connectivity index (χ0n) is 13.2. The summed E-state index contributed by atoms with van der Waals surface area (Å²) in [5, 5.41) is 3.80. The third kappa shape index (κ3) is 6.85. The summed E-state index contributed by atoms with van der Waals surface area (Å²) in [5.74, 6) is -0.284. The molecule has 1 aromatic carbocycles. The fourth-order valence-electron chi connectivity index (χ4n) is 1.57. The lowest BCUT2D eigenvalue weighted by atomic mass is 9.96. The molecular formula is C15H20Cl3N3O2. The minimum Gasteiger partial charge on any atom is -0.356 e. The number of hydrogen-bond acceptors (Lipinski definition) is 3. The van der Waals surface area contributed by atoms with Crippen molar-refractivity contribution in [3.63, 3.8) is 0 Å². The van der Waals surface area contributed by atoms with Gasteiger partial charge in [0, 0.05) is 23.4 Å². The summed E-state index contributed by atoms with van der Waals surface area (Å²) in [5.41, 5.74) is 5.12. The molecule has 0 radical (unpaired) electrons. The molecule has 2 amide bonds. The van der Waals surface area contributed by atoms with Crippen molar-refractivity contribution < 1.29 is 9.59 Å². The molecule has 5 nitrogen and oxygen atoms in total. The molecule has 8 heteroatoms. The first-order valence-electron chi connectivity index (χ1n) is 7.09. The first-order chi connectivity index (χ1) is 10.6. The van der Waals surface area contributed by atoms with E-state index in [-0.39, 0.29) is 18.2 Å². The van der Waals surface area contributed by atoms with E-state index in [2.05, 4.69) is 16.2 Å². The van der Waals surface area contributed by atoms with Crippen molar-refractivity contribution in [1.82, 2.24) is 10.7 Å². The van der Waals surface area contributed by atoms with Crippen LogP contribution in [0.4, 0.5) is 5.69 Å². The van der Waals surface area contributed by atoms with E-state index in [1.54, 1.807) is 0 Å². The Hall–Kier alpha value is -1.17. The number of carbonyl (C=O) groups is 2. The first kappa shape index (κ1) is 19.9. The molecule has 0 fully saturated rings. The summed E-state index contributed by atoms with van der Waals surface area (Å²) in [6, 6.07) is 3.04. The molecule has 0 aliphatic carbocycles. The molecule has 0 atom stereocenters. The number of amides is 2. The Labute approximate surface area is 151 Å². The molecule has 0 aliphatic rings. The van der Waals surface area contributed by atoms with Crippen molar-refractivity contribution in [2.45, 2.75) is 33.6 Å². The minimum absolute atomic E-state index is 0.0456. The first-order valence-corrected chi connectivity index (χ1v) is 8.22. The van der Waals surface area contributed by atoms with E-state index in [1.165, 1.54) is 12.1 Å². The Balaban J connectivity index is 2.35. The summed E-state index contributed by atoms with van der Waals surface area (Å²) in [4.78, 5) is 23.4. The van der Waals surface area contributed by atoms with Gasteiger partial charge in [-0.1, -0.05) is 55.6 Å². The van der Waals surface area contributed by atoms with Crippen LogP contribution < -0.4 is 16.2 Å². The molecule has 0 unspecified atom stereocenters. The van der Waals surface area contributed by atoms with Crippen LogP contribution >= 0.6 is 34.8 Å². The molecule has 3 N–H and O–H groups in total. The standard InChI is InChI=1S/C15H20Cl3N3O2/c1-15(2,3)14(23)19-6-4-5-12(22)20-21-13-10(17)7-9(16)8-11(13)18/h7-8,21H,4-6H2,1-3H3,(H,19,23)(H,20,22). The van der Waals surface area contributed by atoms with Crippen molar-refractivity contribution in [2.75, 3.05) is 12.0 Å². The zero-order valence-corrected chi connectivity index (χ0v) is 15.5. The van der Waals surface area contributed by atoms with Crippen molar-refractivity contribution >= 4 is 52.3 Å². The Bertz CT molecular complexity index is 563. The lowest BCUT2D eigenvalue weighted by molar-refractivity contribution is -0.128. The van der Waals surface area contributed by atoms with Gasteiger partial charge in [0.05, 0.1) is 15.7 Å². The van der Waals surface area contributed by atoms with Crippen LogP contribution in [0.25, 0.3) is 0 Å². The van der Waals surface area contributed by atoms with Crippen LogP contribution in [-0.4, -0.2) is 18.4 Å². The average molecular weight is 381 g/mol. The summed E-state index contributed by atoms with van der Waals surface area (Å²) in [7, 11) is 0. The number of rotatable bonds is 6. The van der Waals surface area contributed by atoms with E-state index in [4.69, 9.17) is 34.8 Å². The normalized spacial score (nSPS) is 11.0. The highest BCUT2D eigenvalue weighted by Crippen LogP contribution is 2.33. The molecular weight excluding hydrogens is 361 g/mol. The fourth-order valence-corrected chi connectivity index (χ4v) is 2.48. The van der Waals surface area contributed by atoms with Gasteiger partial charge in [-0.25, -0.2) is 0 Å². The van der Waals surface area contributed by atoms with Crippen LogP contribution in [-0.2, 0) is 9.59 Å². The number of hydrogen-bond donors (Lipinski definition) is 3. The predicted octanol–water partition coefficient (Wildman–Crippen LogP) is 4.03. The van der Waals surface area contributed by atoms with Crippen LogP contribution in [0.1, 0.15) is 33.6 Å². The summed E-state index contributed by atoms with van der Waals surface area (Å²) >= 11 is 17.8. The topological polar surface area (TPSA) is 70.2 Å². The predicted molar refractivity (Wildman–Crippen MR) is 94.9 cm³/mol. The number of nitrogens with one attached hydrogen (secondary N) is 3. The minimum atomic E-state index is -0.439. The van der Waals surface area contributed by atoms with Crippen LogP contribution in [0.3, 0.4) is 0 Å². The van der Waals surface area contributed by atoms with E-state index in [1.807, 2.05) is 20.8 Å². The zero-order chi connectivity index (χ0) is 17.6. The van der Waals surface area contributed by atoms with Crippen molar-refractivity contribution in [2.24, 2.45) is 5.41 Å². The number of anilines is 1. The van der Waals surface area contributed by atoms with E-state index >= 15 is 0 Å². The molecule has 23 heavy (non-hydrogen) atoms. The molecule has 0 bridgehead atoms. The molecule has 0 aromatic heterocycles. The lowest BCUT2D eigenvalue weighted by Crippen LogP contribution is -2.36. The Kier molecular flexibility index (Phi) is 7.45. The Morgan fingerprint density at radius 3 is 2.17 bits per heavy atom. The van der Waals surface area contributed by atoms with Gasteiger partial charge in [-0.3, -0.25) is 20.4 Å². The third-order valence-corrected chi connectivity index (χ3v) is 3.70. The number of benzene rings is 1. The highest BCUT2D eigenvalue weighted by molar-refractivity contribution is 6.41. The summed E-state index contributed by atoms with van der Waals surface area (Å²) < 4.78 is 0. The second kappa shape index (κ2) is 8.62.